The van der Waals surface area contributed by atoms with Crippen molar-refractivity contribution in [3.8, 4) is 0 Å². The van der Waals surface area contributed by atoms with Crippen molar-refractivity contribution < 1.29 is 38.2 Å². The van der Waals surface area contributed by atoms with Crippen molar-refractivity contribution in [2.24, 2.45) is 0 Å². The lowest BCUT2D eigenvalue weighted by atomic mass is 10.1. The van der Waals surface area contributed by atoms with Gasteiger partial charge in [0.15, 0.2) is 12.1 Å². The molecule has 8 heteroatoms. The van der Waals surface area contributed by atoms with E-state index in [9.17, 15) is 19.5 Å². The molecular formula is C35H62NO7+. The van der Waals surface area contributed by atoms with Crippen LogP contribution in [0.3, 0.4) is 0 Å². The summed E-state index contributed by atoms with van der Waals surface area (Å²) >= 11 is 0. The van der Waals surface area contributed by atoms with E-state index in [0.29, 0.717) is 19.3 Å². The van der Waals surface area contributed by atoms with Crippen LogP contribution in [0.15, 0.2) is 36.5 Å². The van der Waals surface area contributed by atoms with Gasteiger partial charge in [0.05, 0.1) is 34.4 Å². The minimum atomic E-state index is -0.883. The van der Waals surface area contributed by atoms with Gasteiger partial charge in [-0.3, -0.25) is 9.59 Å². The maximum atomic E-state index is 12.5. The molecule has 0 heterocycles. The molecule has 0 aliphatic heterocycles. The molecular weight excluding hydrogens is 546 g/mol. The van der Waals surface area contributed by atoms with Crippen molar-refractivity contribution in [1.82, 2.24) is 0 Å². The maximum Gasteiger partial charge on any atom is 0.362 e. The number of rotatable bonds is 28. The molecule has 0 amide bonds. The van der Waals surface area contributed by atoms with Gasteiger partial charge < -0.3 is 23.8 Å². The maximum absolute atomic E-state index is 12.5. The molecule has 0 aliphatic rings. The first-order valence-electron chi connectivity index (χ1n) is 16.5. The van der Waals surface area contributed by atoms with Gasteiger partial charge in [0, 0.05) is 19.3 Å². The summed E-state index contributed by atoms with van der Waals surface area (Å²) in [5.41, 5.74) is 0. The average Bonchev–Trinajstić information content (AvgIpc) is 2.94. The quantitative estimate of drug-likeness (QED) is 0.0423. The third-order valence-electron chi connectivity index (χ3n) is 7.05. The molecule has 0 aliphatic carbocycles. The summed E-state index contributed by atoms with van der Waals surface area (Å²) in [6.45, 7) is 4.45. The SMILES string of the molecule is CC/C=C\C/C=C\C/C=C\CCCCCCCC(=O)OC(COCCC(C(=O)O)[N+](C)(C)C)COC(=O)CCCCCC. The largest absolute Gasteiger partial charge is 0.477 e. The van der Waals surface area contributed by atoms with Crippen molar-refractivity contribution >= 4 is 17.9 Å². The highest BCUT2D eigenvalue weighted by Gasteiger charge is 2.31. The number of hydrogen-bond acceptors (Lipinski definition) is 6. The predicted octanol–water partition coefficient (Wildman–Crippen LogP) is 7.57. The molecule has 0 aromatic rings. The Balaban J connectivity index is 4.39. The van der Waals surface area contributed by atoms with Crippen molar-refractivity contribution in [2.45, 2.75) is 129 Å². The topological polar surface area (TPSA) is 99.1 Å². The lowest BCUT2D eigenvalue weighted by Gasteiger charge is -2.31. The molecule has 0 fully saturated rings. The summed E-state index contributed by atoms with van der Waals surface area (Å²) in [6, 6.07) is -0.613. The number of likely N-dealkylation sites (N-methyl/N-ethyl adjacent to an activating group) is 1. The van der Waals surface area contributed by atoms with E-state index in [-0.39, 0.29) is 36.2 Å². The molecule has 0 saturated heterocycles. The molecule has 0 bridgehead atoms. The summed E-state index contributed by atoms with van der Waals surface area (Å²) in [4.78, 5) is 36.3. The fourth-order valence-corrected chi connectivity index (χ4v) is 4.46. The van der Waals surface area contributed by atoms with Gasteiger partial charge in [-0.1, -0.05) is 88.8 Å². The second kappa shape index (κ2) is 27.1. The van der Waals surface area contributed by atoms with Gasteiger partial charge in [-0.15, -0.1) is 0 Å². The second-order valence-corrected chi connectivity index (χ2v) is 12.0. The molecule has 0 aromatic carbocycles. The van der Waals surface area contributed by atoms with Crippen LogP contribution in [0.2, 0.25) is 0 Å². The van der Waals surface area contributed by atoms with Gasteiger partial charge in [-0.2, -0.15) is 0 Å². The van der Waals surface area contributed by atoms with E-state index >= 15 is 0 Å². The second-order valence-electron chi connectivity index (χ2n) is 12.0. The van der Waals surface area contributed by atoms with Gasteiger partial charge in [0.1, 0.15) is 6.61 Å². The van der Waals surface area contributed by atoms with Gasteiger partial charge >= 0.3 is 17.9 Å². The first kappa shape index (κ1) is 40.5. The number of nitrogens with zero attached hydrogens (tertiary/aromatic N) is 1. The number of carboxylic acid groups (broad SMARTS) is 1. The number of carboxylic acids is 1. The Morgan fingerprint density at radius 3 is 1.93 bits per heavy atom. The van der Waals surface area contributed by atoms with E-state index in [4.69, 9.17) is 14.2 Å². The number of aliphatic carboxylic acids is 1. The number of carbonyl (C=O) groups excluding carboxylic acids is 2. The normalized spacial score (nSPS) is 13.6. The number of quaternary nitrogens is 1. The Morgan fingerprint density at radius 1 is 0.721 bits per heavy atom. The van der Waals surface area contributed by atoms with Crippen molar-refractivity contribution in [3.05, 3.63) is 36.5 Å². The highest BCUT2D eigenvalue weighted by molar-refractivity contribution is 5.72. The van der Waals surface area contributed by atoms with Gasteiger partial charge in [0.2, 0.25) is 0 Å². The van der Waals surface area contributed by atoms with E-state index in [1.807, 2.05) is 21.1 Å². The van der Waals surface area contributed by atoms with Gasteiger partial charge in [0.25, 0.3) is 0 Å². The van der Waals surface area contributed by atoms with E-state index in [0.717, 1.165) is 83.5 Å². The molecule has 2 atom stereocenters. The zero-order chi connectivity index (χ0) is 32.2. The summed E-state index contributed by atoms with van der Waals surface area (Å²) in [6.07, 6.45) is 26.6. The summed E-state index contributed by atoms with van der Waals surface area (Å²) in [5, 5.41) is 9.51. The smallest absolute Gasteiger partial charge is 0.362 e. The van der Waals surface area contributed by atoms with Crippen LogP contribution in [0.4, 0.5) is 0 Å². The molecule has 0 spiro atoms. The molecule has 43 heavy (non-hydrogen) atoms. The molecule has 248 valence electrons. The molecule has 0 saturated carbocycles. The van der Waals surface area contributed by atoms with Crippen LogP contribution in [0.5, 0.6) is 0 Å². The van der Waals surface area contributed by atoms with Crippen LogP contribution >= 0.6 is 0 Å². The molecule has 0 radical (unpaired) electrons. The molecule has 0 rings (SSSR count). The first-order valence-corrected chi connectivity index (χ1v) is 16.5. The number of esters is 2. The zero-order valence-electron chi connectivity index (χ0n) is 27.9. The zero-order valence-corrected chi connectivity index (χ0v) is 27.9. The lowest BCUT2D eigenvalue weighted by molar-refractivity contribution is -0.887. The van der Waals surface area contributed by atoms with Crippen molar-refractivity contribution in [1.29, 1.82) is 0 Å². The monoisotopic (exact) mass is 608 g/mol. The number of carbonyl (C=O) groups is 3. The van der Waals surface area contributed by atoms with Gasteiger partial charge in [-0.25, -0.2) is 4.79 Å². The highest BCUT2D eigenvalue weighted by atomic mass is 16.6. The van der Waals surface area contributed by atoms with Crippen LogP contribution < -0.4 is 0 Å². The molecule has 2 unspecified atom stereocenters. The van der Waals surface area contributed by atoms with E-state index in [1.165, 1.54) is 0 Å². The third-order valence-corrected chi connectivity index (χ3v) is 7.05. The van der Waals surface area contributed by atoms with Crippen LogP contribution in [-0.2, 0) is 28.6 Å². The lowest BCUT2D eigenvalue weighted by Crippen LogP contribution is -2.50. The van der Waals surface area contributed by atoms with E-state index < -0.39 is 18.1 Å². The summed E-state index contributed by atoms with van der Waals surface area (Å²) in [5.74, 6) is -1.52. The van der Waals surface area contributed by atoms with E-state index in [1.54, 1.807) is 0 Å². The fraction of sp³-hybridized carbons (Fsp3) is 0.743. The number of allylic oxidation sites excluding steroid dienone is 6. The first-order chi connectivity index (χ1) is 20.6. The van der Waals surface area contributed by atoms with Crippen molar-refractivity contribution in [3.63, 3.8) is 0 Å². The minimum Gasteiger partial charge on any atom is -0.477 e. The number of hydrogen-bond donors (Lipinski definition) is 1. The molecule has 0 aromatic heterocycles. The average molecular weight is 609 g/mol. The molecule has 8 nitrogen and oxygen atoms in total. The number of ether oxygens (including phenoxy) is 3. The Morgan fingerprint density at radius 2 is 1.30 bits per heavy atom. The summed E-state index contributed by atoms with van der Waals surface area (Å²) in [7, 11) is 5.48. The van der Waals surface area contributed by atoms with Crippen LogP contribution in [0.25, 0.3) is 0 Å². The van der Waals surface area contributed by atoms with Crippen LogP contribution in [0.1, 0.15) is 117 Å². The molecule has 1 N–H and O–H groups in total. The Kier molecular flexibility index (Phi) is 25.6. The van der Waals surface area contributed by atoms with Crippen LogP contribution in [0, 0.1) is 0 Å². The standard InChI is InChI=1S/C35H61NO7/c1-6-8-10-12-13-14-15-16-17-18-19-20-21-22-24-26-34(38)43-31(30-42-33(37)25-23-11-9-7-2)29-41-28-27-32(35(39)40)36(3,4)5/h8,10,13-14,16-17,31-32H,6-7,9,11-12,15,18-30H2,1-5H3/p+1/b10-8-,14-13-,17-16-. The predicted molar refractivity (Wildman–Crippen MR) is 174 cm³/mol. The highest BCUT2D eigenvalue weighted by Crippen LogP contribution is 2.12. The van der Waals surface area contributed by atoms with Crippen molar-refractivity contribution in [2.75, 3.05) is 41.0 Å². The fourth-order valence-electron chi connectivity index (χ4n) is 4.46. The summed E-state index contributed by atoms with van der Waals surface area (Å²) < 4.78 is 17.0. The Hall–Kier alpha value is -2.45. The van der Waals surface area contributed by atoms with E-state index in [2.05, 4.69) is 50.3 Å². The Bertz CT molecular complexity index is 813. The van der Waals surface area contributed by atoms with Crippen LogP contribution in [-0.4, -0.2) is 80.6 Å². The van der Waals surface area contributed by atoms with Gasteiger partial charge in [-0.05, 0) is 44.9 Å². The third kappa shape index (κ3) is 25.7. The minimum absolute atomic E-state index is 0.0531. The number of unbranched alkanes of at least 4 members (excludes halogenated alkanes) is 8. The Labute approximate surface area is 262 Å².